The smallest absolute Gasteiger partial charge is 0.0548 e. The summed E-state index contributed by atoms with van der Waals surface area (Å²) in [6.07, 6.45) is 5.44. The Morgan fingerprint density at radius 2 is 1.23 bits per heavy atom. The van der Waals surface area contributed by atoms with Crippen LogP contribution in [0.2, 0.25) is 0 Å². The van der Waals surface area contributed by atoms with Crippen LogP contribution >= 0.6 is 0 Å². The van der Waals surface area contributed by atoms with E-state index < -0.39 is 0 Å². The molecule has 0 radical (unpaired) electrons. The minimum atomic E-state index is 0.749. The third kappa shape index (κ3) is 5.21. The zero-order valence-electron chi connectivity index (χ0n) is 29.4. The molecule has 0 aliphatic rings. The Morgan fingerprint density at radius 1 is 0.558 bits per heavy atom. The third-order valence-corrected chi connectivity index (χ3v) is 10.4. The summed E-state index contributed by atoms with van der Waals surface area (Å²) in [5.74, 6) is 0. The summed E-state index contributed by atoms with van der Waals surface area (Å²) in [6, 6.07) is 58.6. The van der Waals surface area contributed by atoms with Crippen LogP contribution in [0.4, 0.5) is 5.69 Å². The second-order valence-electron chi connectivity index (χ2n) is 13.5. The molecule has 0 saturated heterocycles. The molecule has 0 aliphatic heterocycles. The lowest BCUT2D eigenvalue weighted by molar-refractivity contribution is 1.06. The fourth-order valence-electron chi connectivity index (χ4n) is 8.00. The lowest BCUT2D eigenvalue weighted by atomic mass is 9.93. The van der Waals surface area contributed by atoms with Gasteiger partial charge < -0.3 is 14.9 Å². The number of anilines is 1. The van der Waals surface area contributed by atoms with Crippen molar-refractivity contribution in [3.8, 4) is 33.6 Å². The predicted molar refractivity (Wildman–Crippen MR) is 222 cm³/mol. The lowest BCUT2D eigenvalue weighted by Crippen LogP contribution is -2.03. The van der Waals surface area contributed by atoms with Gasteiger partial charge in [-0.15, -0.1) is 0 Å². The van der Waals surface area contributed by atoms with Crippen molar-refractivity contribution in [1.82, 2.24) is 9.13 Å². The van der Waals surface area contributed by atoms with Gasteiger partial charge in [0.25, 0.3) is 0 Å². The van der Waals surface area contributed by atoms with Gasteiger partial charge in [0.05, 0.1) is 27.9 Å². The molecule has 250 valence electrons. The van der Waals surface area contributed by atoms with E-state index in [2.05, 4.69) is 193 Å². The van der Waals surface area contributed by atoms with Gasteiger partial charge in [-0.05, 0) is 107 Å². The van der Waals surface area contributed by atoms with Crippen LogP contribution in [0.25, 0.3) is 78.5 Å². The molecule has 3 heteroatoms. The number of nitrogens with zero attached hydrogens (tertiary/aromatic N) is 2. The Kier molecular flexibility index (Phi) is 7.82. The molecule has 52 heavy (non-hydrogen) atoms. The van der Waals surface area contributed by atoms with E-state index in [4.69, 9.17) is 5.73 Å². The van der Waals surface area contributed by atoms with Gasteiger partial charge in [0.2, 0.25) is 0 Å². The maximum absolute atomic E-state index is 6.61. The Bertz CT molecular complexity index is 2770. The lowest BCUT2D eigenvalue weighted by Gasteiger charge is -2.19. The van der Waals surface area contributed by atoms with Gasteiger partial charge in [0.1, 0.15) is 0 Å². The monoisotopic (exact) mass is 669 g/mol. The second-order valence-corrected chi connectivity index (χ2v) is 13.5. The summed E-state index contributed by atoms with van der Waals surface area (Å²) < 4.78 is 4.89. The standard InChI is InChI=1S/C49H39N3/c1-3-39-42-31-36(35-17-9-5-10-18-35)25-28-45(42)52(44(39)27-24-34-15-7-4-8-16-34)47-30-29-46-48(49(47)41-32-37(50)26-23-33(41)2)40-21-13-14-22-43(40)51(46)38-19-11-6-12-20-38/h4-32H,3,50H2,1-2H3/b27-24-. The highest BCUT2D eigenvalue weighted by atomic mass is 15.0. The molecule has 7 aromatic carbocycles. The second kappa shape index (κ2) is 12.9. The van der Waals surface area contributed by atoms with E-state index in [1.807, 2.05) is 6.07 Å². The Hall–Kier alpha value is -6.58. The van der Waals surface area contributed by atoms with Gasteiger partial charge >= 0.3 is 0 Å². The minimum absolute atomic E-state index is 0.749. The predicted octanol–water partition coefficient (Wildman–Crippen LogP) is 12.7. The number of fused-ring (bicyclic) bond motifs is 4. The molecule has 0 spiro atoms. The maximum Gasteiger partial charge on any atom is 0.0548 e. The van der Waals surface area contributed by atoms with E-state index in [1.54, 1.807) is 0 Å². The molecule has 9 aromatic rings. The molecule has 3 nitrogen and oxygen atoms in total. The van der Waals surface area contributed by atoms with Crippen molar-refractivity contribution in [2.24, 2.45) is 0 Å². The van der Waals surface area contributed by atoms with E-state index in [9.17, 15) is 0 Å². The van der Waals surface area contributed by atoms with Crippen LogP contribution in [0.3, 0.4) is 0 Å². The summed E-state index contributed by atoms with van der Waals surface area (Å²) in [7, 11) is 0. The number of hydrogen-bond donors (Lipinski definition) is 1. The van der Waals surface area contributed by atoms with Gasteiger partial charge in [-0.2, -0.15) is 0 Å². The van der Waals surface area contributed by atoms with Gasteiger partial charge in [-0.1, -0.05) is 122 Å². The SMILES string of the molecule is CCc1c(/C=C\c2ccccc2)n(-c2ccc3c(c2-c2cc(N)ccc2C)c2ccccc2n3-c2ccccc2)c2ccc(-c3ccccc3)cc12. The molecule has 0 atom stereocenters. The highest BCUT2D eigenvalue weighted by Crippen LogP contribution is 2.45. The quantitative estimate of drug-likeness (QED) is 0.168. The Morgan fingerprint density at radius 3 is 2.00 bits per heavy atom. The average molecular weight is 670 g/mol. The van der Waals surface area contributed by atoms with Gasteiger partial charge in [-0.25, -0.2) is 0 Å². The summed E-state index contributed by atoms with van der Waals surface area (Å²) in [5, 5.41) is 3.68. The molecular weight excluding hydrogens is 631 g/mol. The number of para-hydroxylation sites is 2. The van der Waals surface area contributed by atoms with Crippen molar-refractivity contribution in [1.29, 1.82) is 0 Å². The fourth-order valence-corrected chi connectivity index (χ4v) is 8.00. The first kappa shape index (κ1) is 31.4. The van der Waals surface area contributed by atoms with Crippen LogP contribution in [0.5, 0.6) is 0 Å². The molecule has 0 fully saturated rings. The molecule has 0 saturated carbocycles. The molecule has 2 heterocycles. The van der Waals surface area contributed by atoms with Gasteiger partial charge in [0, 0.05) is 33.1 Å². The first-order chi connectivity index (χ1) is 25.6. The molecule has 0 amide bonds. The molecular formula is C49H39N3. The average Bonchev–Trinajstić information content (AvgIpc) is 3.70. The molecule has 2 N–H and O–H groups in total. The van der Waals surface area contributed by atoms with Gasteiger partial charge in [-0.3, -0.25) is 0 Å². The van der Waals surface area contributed by atoms with Crippen molar-refractivity contribution < 1.29 is 0 Å². The van der Waals surface area contributed by atoms with Crippen molar-refractivity contribution >= 4 is 50.5 Å². The molecule has 2 aromatic heterocycles. The normalized spacial score (nSPS) is 11.7. The summed E-state index contributed by atoms with van der Waals surface area (Å²) in [4.78, 5) is 0. The van der Waals surface area contributed by atoms with E-state index in [-0.39, 0.29) is 0 Å². The maximum atomic E-state index is 6.61. The first-order valence-electron chi connectivity index (χ1n) is 18.0. The number of benzene rings is 7. The minimum Gasteiger partial charge on any atom is -0.399 e. The Labute approximate surface area is 304 Å². The fraction of sp³-hybridized carbons (Fsp3) is 0.0612. The number of hydrogen-bond acceptors (Lipinski definition) is 1. The van der Waals surface area contributed by atoms with Gasteiger partial charge in [0.15, 0.2) is 0 Å². The summed E-state index contributed by atoms with van der Waals surface area (Å²) in [6.45, 7) is 4.47. The van der Waals surface area contributed by atoms with Crippen molar-refractivity contribution in [2.45, 2.75) is 20.3 Å². The van der Waals surface area contributed by atoms with Crippen molar-refractivity contribution in [3.63, 3.8) is 0 Å². The topological polar surface area (TPSA) is 35.9 Å². The number of nitrogen functional groups attached to an aromatic ring is 1. The van der Waals surface area contributed by atoms with Crippen LogP contribution in [0.15, 0.2) is 164 Å². The highest BCUT2D eigenvalue weighted by molar-refractivity contribution is 6.18. The summed E-state index contributed by atoms with van der Waals surface area (Å²) in [5.41, 5.74) is 22.7. The molecule has 0 aliphatic carbocycles. The van der Waals surface area contributed by atoms with Crippen molar-refractivity contribution in [2.75, 3.05) is 5.73 Å². The van der Waals surface area contributed by atoms with Crippen LogP contribution in [-0.4, -0.2) is 9.13 Å². The molecule has 0 bridgehead atoms. The number of aromatic nitrogens is 2. The zero-order chi connectivity index (χ0) is 35.2. The van der Waals surface area contributed by atoms with E-state index in [1.165, 1.54) is 66.3 Å². The number of nitrogens with two attached hydrogens (primary N) is 1. The third-order valence-electron chi connectivity index (χ3n) is 10.4. The highest BCUT2D eigenvalue weighted by Gasteiger charge is 2.24. The van der Waals surface area contributed by atoms with Crippen molar-refractivity contribution in [3.05, 3.63) is 186 Å². The van der Waals surface area contributed by atoms with Crippen LogP contribution in [-0.2, 0) is 6.42 Å². The summed E-state index contributed by atoms with van der Waals surface area (Å²) >= 11 is 0. The van der Waals surface area contributed by atoms with E-state index in [0.717, 1.165) is 34.6 Å². The molecule has 0 unspecified atom stereocenters. The number of aryl methyl sites for hydroxylation is 2. The van der Waals surface area contributed by atoms with Crippen LogP contribution < -0.4 is 5.73 Å². The molecule has 9 rings (SSSR count). The van der Waals surface area contributed by atoms with Crippen LogP contribution in [0, 0.1) is 6.92 Å². The first-order valence-corrected chi connectivity index (χ1v) is 18.0. The number of rotatable bonds is 7. The Balaban J connectivity index is 1.44. The zero-order valence-corrected chi connectivity index (χ0v) is 29.4. The van der Waals surface area contributed by atoms with E-state index in [0.29, 0.717) is 0 Å². The van der Waals surface area contributed by atoms with E-state index >= 15 is 0 Å². The van der Waals surface area contributed by atoms with Crippen LogP contribution in [0.1, 0.15) is 29.3 Å². The largest absolute Gasteiger partial charge is 0.399 e.